The Kier molecular flexibility index (Phi) is 4.29. The van der Waals surface area contributed by atoms with Crippen molar-refractivity contribution in [3.8, 4) is 0 Å². The third-order valence-corrected chi connectivity index (χ3v) is 5.00. The highest BCUT2D eigenvalue weighted by molar-refractivity contribution is 4.85. The smallest absolute Gasteiger partial charge is 0.00700 e. The maximum atomic E-state index is 3.86. The summed E-state index contributed by atoms with van der Waals surface area (Å²) in [7, 11) is 0. The first-order valence-corrected chi connectivity index (χ1v) is 7.45. The molecule has 1 heteroatoms. The van der Waals surface area contributed by atoms with Gasteiger partial charge < -0.3 is 5.32 Å². The van der Waals surface area contributed by atoms with Gasteiger partial charge in [0.1, 0.15) is 0 Å². The van der Waals surface area contributed by atoms with Crippen molar-refractivity contribution in [2.75, 3.05) is 6.54 Å². The minimum atomic E-state index is 0.614. The van der Waals surface area contributed by atoms with E-state index < -0.39 is 0 Å². The van der Waals surface area contributed by atoms with Gasteiger partial charge in [0.15, 0.2) is 0 Å². The molecule has 0 heterocycles. The molecule has 2 rings (SSSR count). The van der Waals surface area contributed by atoms with E-state index in [1.54, 1.807) is 0 Å². The van der Waals surface area contributed by atoms with Crippen LogP contribution in [0, 0.1) is 11.3 Å². The lowest BCUT2D eigenvalue weighted by atomic mass is 9.75. The average Bonchev–Trinajstić information content (AvgIpc) is 2.75. The minimum Gasteiger partial charge on any atom is -0.313 e. The Bertz CT molecular complexity index is 205. The van der Waals surface area contributed by atoms with Crippen molar-refractivity contribution in [1.82, 2.24) is 5.32 Å². The molecule has 16 heavy (non-hydrogen) atoms. The quantitative estimate of drug-likeness (QED) is 0.756. The molecule has 1 N–H and O–H groups in total. The number of rotatable bonds is 4. The Balaban J connectivity index is 1.70. The summed E-state index contributed by atoms with van der Waals surface area (Å²) in [6.45, 7) is 6.11. The van der Waals surface area contributed by atoms with Crippen molar-refractivity contribution < 1.29 is 0 Å². The van der Waals surface area contributed by atoms with Gasteiger partial charge in [-0.05, 0) is 43.4 Å². The summed E-state index contributed by atoms with van der Waals surface area (Å²) in [4.78, 5) is 0. The zero-order chi connectivity index (χ0) is 11.4. The predicted octanol–water partition coefficient (Wildman–Crippen LogP) is 4.13. The molecule has 2 unspecified atom stereocenters. The molecular formula is C15H29N. The summed E-state index contributed by atoms with van der Waals surface area (Å²) in [6, 6.07) is 0.837. The highest BCUT2D eigenvalue weighted by Gasteiger charge is 2.29. The second-order valence-electron chi connectivity index (χ2n) is 6.54. The molecule has 2 aliphatic carbocycles. The lowest BCUT2D eigenvalue weighted by Crippen LogP contribution is -2.38. The molecule has 1 nitrogen and oxygen atoms in total. The van der Waals surface area contributed by atoms with E-state index in [1.807, 2.05) is 0 Å². The Morgan fingerprint density at radius 3 is 2.50 bits per heavy atom. The maximum Gasteiger partial charge on any atom is 0.00700 e. The van der Waals surface area contributed by atoms with Crippen LogP contribution in [0.1, 0.15) is 71.6 Å². The number of nitrogens with one attached hydrogen (secondary N) is 1. The van der Waals surface area contributed by atoms with E-state index in [-0.39, 0.29) is 0 Å². The van der Waals surface area contributed by atoms with Crippen LogP contribution in [-0.2, 0) is 0 Å². The summed E-state index contributed by atoms with van der Waals surface area (Å²) >= 11 is 0. The topological polar surface area (TPSA) is 12.0 Å². The lowest BCUT2D eigenvalue weighted by Gasteiger charge is -2.35. The Labute approximate surface area is 101 Å². The van der Waals surface area contributed by atoms with Crippen molar-refractivity contribution in [3.63, 3.8) is 0 Å². The standard InChI is InChI=1S/C15H29N/c1-3-13-7-8-14(11-13)16-12-15(2)9-5-4-6-10-15/h13-14,16H,3-12H2,1-2H3. The van der Waals surface area contributed by atoms with Gasteiger partial charge in [-0.25, -0.2) is 0 Å². The normalized spacial score (nSPS) is 34.1. The second-order valence-corrected chi connectivity index (χ2v) is 6.54. The minimum absolute atomic E-state index is 0.614. The highest BCUT2D eigenvalue weighted by Crippen LogP contribution is 2.36. The summed E-state index contributed by atoms with van der Waals surface area (Å²) < 4.78 is 0. The van der Waals surface area contributed by atoms with Gasteiger partial charge in [0.25, 0.3) is 0 Å². The molecule has 2 fully saturated rings. The largest absolute Gasteiger partial charge is 0.313 e. The summed E-state index contributed by atoms with van der Waals surface area (Å²) in [5.74, 6) is 1.01. The van der Waals surface area contributed by atoms with Gasteiger partial charge in [-0.15, -0.1) is 0 Å². The number of hydrogen-bond donors (Lipinski definition) is 1. The monoisotopic (exact) mass is 223 g/mol. The van der Waals surface area contributed by atoms with Gasteiger partial charge in [0.2, 0.25) is 0 Å². The van der Waals surface area contributed by atoms with E-state index >= 15 is 0 Å². The summed E-state index contributed by atoms with van der Waals surface area (Å²) in [6.07, 6.45) is 13.0. The SMILES string of the molecule is CCC1CCC(NCC2(C)CCCCC2)C1. The van der Waals surface area contributed by atoms with E-state index in [0.717, 1.165) is 12.0 Å². The van der Waals surface area contributed by atoms with Gasteiger partial charge in [0.05, 0.1) is 0 Å². The van der Waals surface area contributed by atoms with E-state index in [1.165, 1.54) is 64.3 Å². The van der Waals surface area contributed by atoms with Crippen LogP contribution >= 0.6 is 0 Å². The van der Waals surface area contributed by atoms with Crippen LogP contribution in [0.5, 0.6) is 0 Å². The molecule has 0 spiro atoms. The third-order valence-electron chi connectivity index (χ3n) is 5.00. The lowest BCUT2D eigenvalue weighted by molar-refractivity contribution is 0.200. The van der Waals surface area contributed by atoms with E-state index in [9.17, 15) is 0 Å². The third kappa shape index (κ3) is 3.23. The zero-order valence-corrected chi connectivity index (χ0v) is 11.2. The Hall–Kier alpha value is -0.0400. The zero-order valence-electron chi connectivity index (χ0n) is 11.2. The predicted molar refractivity (Wildman–Crippen MR) is 70.6 cm³/mol. The van der Waals surface area contributed by atoms with E-state index in [4.69, 9.17) is 0 Å². The van der Waals surface area contributed by atoms with Crippen molar-refractivity contribution in [1.29, 1.82) is 0 Å². The van der Waals surface area contributed by atoms with Gasteiger partial charge >= 0.3 is 0 Å². The van der Waals surface area contributed by atoms with Crippen molar-refractivity contribution >= 4 is 0 Å². The molecule has 0 aliphatic heterocycles. The molecule has 2 saturated carbocycles. The molecular weight excluding hydrogens is 194 g/mol. The number of hydrogen-bond acceptors (Lipinski definition) is 1. The molecule has 2 aliphatic rings. The summed E-state index contributed by atoms with van der Waals surface area (Å²) in [5.41, 5.74) is 0.614. The maximum absolute atomic E-state index is 3.86. The van der Waals surface area contributed by atoms with Crippen LogP contribution < -0.4 is 5.32 Å². The molecule has 0 aromatic rings. The van der Waals surface area contributed by atoms with Crippen molar-refractivity contribution in [3.05, 3.63) is 0 Å². The first kappa shape index (κ1) is 12.4. The van der Waals surface area contributed by atoms with Gasteiger partial charge in [0, 0.05) is 12.6 Å². The van der Waals surface area contributed by atoms with Gasteiger partial charge in [-0.3, -0.25) is 0 Å². The van der Waals surface area contributed by atoms with Crippen molar-refractivity contribution in [2.45, 2.75) is 77.7 Å². The highest BCUT2D eigenvalue weighted by atomic mass is 14.9. The Morgan fingerprint density at radius 2 is 1.88 bits per heavy atom. The van der Waals surface area contributed by atoms with Gasteiger partial charge in [-0.1, -0.05) is 39.5 Å². The molecule has 0 saturated heterocycles. The van der Waals surface area contributed by atoms with Crippen LogP contribution in [-0.4, -0.2) is 12.6 Å². The fourth-order valence-corrected chi connectivity index (χ4v) is 3.60. The first-order valence-electron chi connectivity index (χ1n) is 7.45. The average molecular weight is 223 g/mol. The fraction of sp³-hybridized carbons (Fsp3) is 1.00. The molecule has 0 radical (unpaired) electrons. The van der Waals surface area contributed by atoms with Crippen LogP contribution in [0.2, 0.25) is 0 Å². The van der Waals surface area contributed by atoms with Crippen LogP contribution in [0.3, 0.4) is 0 Å². The fourth-order valence-electron chi connectivity index (χ4n) is 3.60. The van der Waals surface area contributed by atoms with Crippen molar-refractivity contribution in [2.24, 2.45) is 11.3 Å². The second kappa shape index (κ2) is 5.53. The summed E-state index contributed by atoms with van der Waals surface area (Å²) in [5, 5.41) is 3.86. The van der Waals surface area contributed by atoms with Crippen LogP contribution in [0.25, 0.3) is 0 Å². The van der Waals surface area contributed by atoms with E-state index in [2.05, 4.69) is 19.2 Å². The van der Waals surface area contributed by atoms with Gasteiger partial charge in [-0.2, -0.15) is 0 Å². The molecule has 0 aromatic carbocycles. The molecule has 2 atom stereocenters. The molecule has 0 amide bonds. The van der Waals surface area contributed by atoms with E-state index in [0.29, 0.717) is 5.41 Å². The molecule has 0 aromatic heterocycles. The van der Waals surface area contributed by atoms with Crippen LogP contribution in [0.4, 0.5) is 0 Å². The van der Waals surface area contributed by atoms with Crippen LogP contribution in [0.15, 0.2) is 0 Å². The molecule has 94 valence electrons. The first-order chi connectivity index (χ1) is 7.72. The Morgan fingerprint density at radius 1 is 1.12 bits per heavy atom. The molecule has 0 bridgehead atoms.